The van der Waals surface area contributed by atoms with Gasteiger partial charge in [0.25, 0.3) is 21.0 Å². The highest BCUT2D eigenvalue weighted by molar-refractivity contribution is 7.92. The van der Waals surface area contributed by atoms with Crippen LogP contribution in [-0.2, 0) is 10.0 Å². The van der Waals surface area contributed by atoms with Crippen molar-refractivity contribution in [1.82, 2.24) is 19.6 Å². The number of nitrogens with zero attached hydrogens (tertiary/aromatic N) is 4. The minimum absolute atomic E-state index is 0.119. The van der Waals surface area contributed by atoms with Gasteiger partial charge in [-0.05, 0) is 31.5 Å². The molecular formula is C13H12FN5O2S. The van der Waals surface area contributed by atoms with Crippen LogP contribution in [0, 0.1) is 19.7 Å². The summed E-state index contributed by atoms with van der Waals surface area (Å²) in [6, 6.07) is 5.95. The number of aromatic nitrogens is 4. The van der Waals surface area contributed by atoms with E-state index in [1.165, 1.54) is 22.8 Å². The summed E-state index contributed by atoms with van der Waals surface area (Å²) in [5.41, 5.74) is 1.02. The van der Waals surface area contributed by atoms with Gasteiger partial charge < -0.3 is 0 Å². The molecular weight excluding hydrogens is 309 g/mol. The Morgan fingerprint density at radius 3 is 2.68 bits per heavy atom. The number of para-hydroxylation sites is 1. The predicted octanol–water partition coefficient (Wildman–Crippen LogP) is 1.68. The lowest BCUT2D eigenvalue weighted by atomic mass is 10.2. The van der Waals surface area contributed by atoms with Crippen molar-refractivity contribution in [2.24, 2.45) is 0 Å². The molecule has 0 unspecified atom stereocenters. The first-order valence-corrected chi connectivity index (χ1v) is 7.83. The third-order valence-electron chi connectivity index (χ3n) is 3.11. The summed E-state index contributed by atoms with van der Waals surface area (Å²) in [4.78, 5) is 7.81. The summed E-state index contributed by atoms with van der Waals surface area (Å²) in [5.74, 6) is -0.507. The van der Waals surface area contributed by atoms with Gasteiger partial charge in [-0.3, -0.25) is 4.72 Å². The molecule has 114 valence electrons. The van der Waals surface area contributed by atoms with Crippen LogP contribution in [0.15, 0.2) is 35.6 Å². The number of anilines is 1. The number of sulfonamides is 1. The number of hydrogen-bond donors (Lipinski definition) is 1. The first-order chi connectivity index (χ1) is 10.4. The Bertz CT molecular complexity index is 947. The molecule has 3 rings (SSSR count). The quantitative estimate of drug-likeness (QED) is 0.793. The van der Waals surface area contributed by atoms with E-state index in [-0.39, 0.29) is 11.5 Å². The monoisotopic (exact) mass is 321 g/mol. The second-order valence-electron chi connectivity index (χ2n) is 4.73. The SMILES string of the molecule is Cc1cccc(F)c1NS(=O)(=O)c1nc2nccc(C)n2n1. The second kappa shape index (κ2) is 5.02. The van der Waals surface area contributed by atoms with Gasteiger partial charge in [0.15, 0.2) is 0 Å². The van der Waals surface area contributed by atoms with E-state index in [0.29, 0.717) is 11.3 Å². The Labute approximate surface area is 125 Å². The number of benzene rings is 1. The van der Waals surface area contributed by atoms with Crippen molar-refractivity contribution in [2.45, 2.75) is 19.0 Å². The Hall–Kier alpha value is -2.55. The van der Waals surface area contributed by atoms with Crippen molar-refractivity contribution in [3.63, 3.8) is 0 Å². The zero-order valence-corrected chi connectivity index (χ0v) is 12.6. The van der Waals surface area contributed by atoms with Crippen molar-refractivity contribution in [1.29, 1.82) is 0 Å². The summed E-state index contributed by atoms with van der Waals surface area (Å²) in [6.07, 6.45) is 1.50. The van der Waals surface area contributed by atoms with Crippen LogP contribution in [0.1, 0.15) is 11.3 Å². The third kappa shape index (κ3) is 2.39. The standard InChI is InChI=1S/C13H12FN5O2S/c1-8-4-3-5-10(14)11(8)18-22(20,21)13-16-12-15-7-6-9(2)19(12)17-13/h3-7,18H,1-2H3. The Kier molecular flexibility index (Phi) is 3.28. The van der Waals surface area contributed by atoms with E-state index in [1.54, 1.807) is 26.0 Å². The largest absolute Gasteiger partial charge is 0.299 e. The summed E-state index contributed by atoms with van der Waals surface area (Å²) in [6.45, 7) is 3.35. The highest BCUT2D eigenvalue weighted by Crippen LogP contribution is 2.21. The fourth-order valence-electron chi connectivity index (χ4n) is 1.94. The van der Waals surface area contributed by atoms with Gasteiger partial charge in [-0.2, -0.15) is 13.4 Å². The van der Waals surface area contributed by atoms with E-state index in [0.717, 1.165) is 0 Å². The molecule has 0 saturated carbocycles. The fourth-order valence-corrected chi connectivity index (χ4v) is 2.95. The number of aryl methyl sites for hydroxylation is 2. The predicted molar refractivity (Wildman–Crippen MR) is 77.5 cm³/mol. The van der Waals surface area contributed by atoms with Crippen LogP contribution >= 0.6 is 0 Å². The summed E-state index contributed by atoms with van der Waals surface area (Å²) in [5, 5.41) is 3.45. The molecule has 1 aromatic carbocycles. The third-order valence-corrected chi connectivity index (χ3v) is 4.24. The number of halogens is 1. The van der Waals surface area contributed by atoms with Gasteiger partial charge in [-0.1, -0.05) is 12.1 Å². The second-order valence-corrected chi connectivity index (χ2v) is 6.31. The molecule has 7 nitrogen and oxygen atoms in total. The molecule has 2 aromatic heterocycles. The number of fused-ring (bicyclic) bond motifs is 1. The van der Waals surface area contributed by atoms with Crippen molar-refractivity contribution in [3.8, 4) is 0 Å². The molecule has 0 aliphatic heterocycles. The molecule has 0 bridgehead atoms. The lowest BCUT2D eigenvalue weighted by Crippen LogP contribution is -2.16. The molecule has 0 amide bonds. The molecule has 0 atom stereocenters. The molecule has 2 heterocycles. The lowest BCUT2D eigenvalue weighted by molar-refractivity contribution is 0.589. The zero-order valence-electron chi connectivity index (χ0n) is 11.8. The van der Waals surface area contributed by atoms with Crippen LogP contribution in [0.2, 0.25) is 0 Å². The first-order valence-electron chi connectivity index (χ1n) is 6.35. The van der Waals surface area contributed by atoms with Crippen molar-refractivity contribution in [3.05, 3.63) is 47.5 Å². The van der Waals surface area contributed by atoms with Crippen molar-refractivity contribution >= 4 is 21.5 Å². The maximum atomic E-state index is 13.8. The van der Waals surface area contributed by atoms with E-state index < -0.39 is 21.0 Å². The maximum absolute atomic E-state index is 13.8. The molecule has 0 aliphatic carbocycles. The number of rotatable bonds is 3. The summed E-state index contributed by atoms with van der Waals surface area (Å²) >= 11 is 0. The molecule has 0 radical (unpaired) electrons. The Balaban J connectivity index is 2.07. The van der Waals surface area contributed by atoms with Gasteiger partial charge in [0.2, 0.25) is 0 Å². The molecule has 0 fully saturated rings. The molecule has 9 heteroatoms. The molecule has 3 aromatic rings. The molecule has 0 saturated heterocycles. The Morgan fingerprint density at radius 1 is 1.23 bits per heavy atom. The molecule has 0 spiro atoms. The van der Waals surface area contributed by atoms with E-state index in [9.17, 15) is 12.8 Å². The smallest absolute Gasteiger partial charge is 0.274 e. The summed E-state index contributed by atoms with van der Waals surface area (Å²) in [7, 11) is -4.11. The van der Waals surface area contributed by atoms with E-state index in [4.69, 9.17) is 0 Å². The van der Waals surface area contributed by atoms with Crippen LogP contribution in [0.25, 0.3) is 5.78 Å². The van der Waals surface area contributed by atoms with Crippen molar-refractivity contribution in [2.75, 3.05) is 4.72 Å². The van der Waals surface area contributed by atoms with Gasteiger partial charge in [0.05, 0.1) is 5.69 Å². The van der Waals surface area contributed by atoms with Crippen LogP contribution in [0.3, 0.4) is 0 Å². The van der Waals surface area contributed by atoms with Crippen LogP contribution < -0.4 is 4.72 Å². The van der Waals surface area contributed by atoms with Crippen LogP contribution in [0.5, 0.6) is 0 Å². The zero-order chi connectivity index (χ0) is 15.9. The number of hydrogen-bond acceptors (Lipinski definition) is 5. The average molecular weight is 321 g/mol. The van der Waals surface area contributed by atoms with Gasteiger partial charge in [0, 0.05) is 11.9 Å². The fraction of sp³-hybridized carbons (Fsp3) is 0.154. The highest BCUT2D eigenvalue weighted by Gasteiger charge is 2.23. The first kappa shape index (κ1) is 14.4. The topological polar surface area (TPSA) is 89.2 Å². The maximum Gasteiger partial charge on any atom is 0.299 e. The summed E-state index contributed by atoms with van der Waals surface area (Å²) < 4.78 is 42.0. The van der Waals surface area contributed by atoms with Crippen molar-refractivity contribution < 1.29 is 12.8 Å². The van der Waals surface area contributed by atoms with Gasteiger partial charge >= 0.3 is 0 Å². The molecule has 0 aliphatic rings. The van der Waals surface area contributed by atoms with Gasteiger partial charge in [0.1, 0.15) is 5.82 Å². The molecule has 1 N–H and O–H groups in total. The van der Waals surface area contributed by atoms with E-state index in [1.807, 2.05) is 0 Å². The minimum atomic E-state index is -4.11. The van der Waals surface area contributed by atoms with Gasteiger partial charge in [-0.25, -0.2) is 13.9 Å². The van der Waals surface area contributed by atoms with E-state index >= 15 is 0 Å². The molecule has 22 heavy (non-hydrogen) atoms. The number of nitrogens with one attached hydrogen (secondary N) is 1. The van der Waals surface area contributed by atoms with E-state index in [2.05, 4.69) is 19.8 Å². The van der Waals surface area contributed by atoms with Crippen LogP contribution in [0.4, 0.5) is 10.1 Å². The normalized spacial score (nSPS) is 11.8. The van der Waals surface area contributed by atoms with Crippen LogP contribution in [-0.4, -0.2) is 28.0 Å². The average Bonchev–Trinajstić information content (AvgIpc) is 2.90. The minimum Gasteiger partial charge on any atom is -0.274 e. The Morgan fingerprint density at radius 2 is 2.00 bits per heavy atom. The van der Waals surface area contributed by atoms with Gasteiger partial charge in [-0.15, -0.1) is 5.10 Å². The lowest BCUT2D eigenvalue weighted by Gasteiger charge is -2.08. The highest BCUT2D eigenvalue weighted by atomic mass is 32.2.